The molecule has 1 rings (SSSR count). The zero-order valence-electron chi connectivity index (χ0n) is 13.5. The highest BCUT2D eigenvalue weighted by Crippen LogP contribution is 2.22. The number of benzene rings is 1. The van der Waals surface area contributed by atoms with Crippen LogP contribution in [0.2, 0.25) is 0 Å². The molecule has 0 aliphatic heterocycles. The van der Waals surface area contributed by atoms with E-state index in [0.717, 1.165) is 12.8 Å². The van der Waals surface area contributed by atoms with Crippen LogP contribution in [0.25, 0.3) is 0 Å². The van der Waals surface area contributed by atoms with Crippen LogP contribution in [0.4, 0.5) is 5.69 Å². The van der Waals surface area contributed by atoms with Gasteiger partial charge in [0.1, 0.15) is 4.90 Å². The van der Waals surface area contributed by atoms with E-state index in [0.29, 0.717) is 10.6 Å². The zero-order valence-corrected chi connectivity index (χ0v) is 14.3. The van der Waals surface area contributed by atoms with Gasteiger partial charge in [-0.15, -0.1) is 0 Å². The Bertz CT molecular complexity index is 527. The number of hydrogen-bond acceptors (Lipinski definition) is 3. The zero-order chi connectivity index (χ0) is 15.9. The molecule has 1 aromatic carbocycles. The number of anilines is 1. The Balaban J connectivity index is 2.84. The molecule has 0 aliphatic carbocycles. The van der Waals surface area contributed by atoms with Crippen molar-refractivity contribution in [3.63, 3.8) is 0 Å². The highest BCUT2D eigenvalue weighted by molar-refractivity contribution is 7.89. The van der Waals surface area contributed by atoms with E-state index < -0.39 is 10.0 Å². The van der Waals surface area contributed by atoms with Crippen LogP contribution >= 0.6 is 0 Å². The van der Waals surface area contributed by atoms with E-state index in [9.17, 15) is 8.42 Å². The van der Waals surface area contributed by atoms with Crippen LogP contribution in [0.15, 0.2) is 29.2 Å². The van der Waals surface area contributed by atoms with E-state index in [1.165, 1.54) is 12.8 Å². The molecule has 21 heavy (non-hydrogen) atoms. The SMILES string of the molecule is CCCCCC(C)Nc1ccccc1S(=O)(=O)NC(C)C. The lowest BCUT2D eigenvalue weighted by molar-refractivity contribution is 0.569. The first-order valence-electron chi connectivity index (χ1n) is 7.74. The minimum Gasteiger partial charge on any atom is -0.381 e. The van der Waals surface area contributed by atoms with Gasteiger partial charge in [-0.3, -0.25) is 0 Å². The number of nitrogens with one attached hydrogen (secondary N) is 2. The molecular formula is C16H28N2O2S. The minimum atomic E-state index is -3.47. The van der Waals surface area contributed by atoms with Crippen molar-refractivity contribution >= 4 is 15.7 Å². The summed E-state index contributed by atoms with van der Waals surface area (Å²) in [6.45, 7) is 7.91. The molecule has 0 amide bonds. The molecule has 120 valence electrons. The van der Waals surface area contributed by atoms with E-state index in [4.69, 9.17) is 0 Å². The summed E-state index contributed by atoms with van der Waals surface area (Å²) in [6.07, 6.45) is 4.60. The average molecular weight is 312 g/mol. The van der Waals surface area contributed by atoms with Gasteiger partial charge in [0.25, 0.3) is 0 Å². The number of unbranched alkanes of at least 4 members (excludes halogenated alkanes) is 2. The summed E-state index contributed by atoms with van der Waals surface area (Å²) in [7, 11) is -3.47. The van der Waals surface area contributed by atoms with Crippen LogP contribution in [0, 0.1) is 0 Å². The van der Waals surface area contributed by atoms with Gasteiger partial charge >= 0.3 is 0 Å². The quantitative estimate of drug-likeness (QED) is 0.683. The maximum Gasteiger partial charge on any atom is 0.242 e. The molecule has 0 heterocycles. The van der Waals surface area contributed by atoms with Crippen molar-refractivity contribution in [2.45, 2.75) is 70.4 Å². The van der Waals surface area contributed by atoms with Crippen LogP contribution in [-0.2, 0) is 10.0 Å². The first-order chi connectivity index (χ1) is 9.86. The fourth-order valence-electron chi connectivity index (χ4n) is 2.23. The van der Waals surface area contributed by atoms with Crippen molar-refractivity contribution < 1.29 is 8.42 Å². The van der Waals surface area contributed by atoms with Crippen LogP contribution in [0.5, 0.6) is 0 Å². The Labute approximate surface area is 129 Å². The number of sulfonamides is 1. The first kappa shape index (κ1) is 18.0. The smallest absolute Gasteiger partial charge is 0.242 e. The molecule has 2 N–H and O–H groups in total. The highest BCUT2D eigenvalue weighted by Gasteiger charge is 2.19. The van der Waals surface area contributed by atoms with Gasteiger partial charge < -0.3 is 5.32 Å². The predicted molar refractivity (Wildman–Crippen MR) is 89.1 cm³/mol. The summed E-state index contributed by atoms with van der Waals surface area (Å²) in [5, 5.41) is 3.33. The van der Waals surface area contributed by atoms with Gasteiger partial charge in [0.2, 0.25) is 10.0 Å². The van der Waals surface area contributed by atoms with Crippen molar-refractivity contribution in [2.24, 2.45) is 0 Å². The lowest BCUT2D eigenvalue weighted by atomic mass is 10.1. The molecule has 0 fully saturated rings. The van der Waals surface area contributed by atoms with Gasteiger partial charge in [-0.1, -0.05) is 38.3 Å². The van der Waals surface area contributed by atoms with Gasteiger partial charge in [0, 0.05) is 12.1 Å². The Morgan fingerprint density at radius 2 is 1.76 bits per heavy atom. The van der Waals surface area contributed by atoms with E-state index in [-0.39, 0.29) is 12.1 Å². The van der Waals surface area contributed by atoms with Crippen molar-refractivity contribution in [3.8, 4) is 0 Å². The molecule has 1 unspecified atom stereocenters. The summed E-state index contributed by atoms with van der Waals surface area (Å²) in [4.78, 5) is 0.320. The second kappa shape index (κ2) is 8.39. The van der Waals surface area contributed by atoms with Gasteiger partial charge in [-0.25, -0.2) is 13.1 Å². The summed E-state index contributed by atoms with van der Waals surface area (Å²) in [5.41, 5.74) is 0.676. The van der Waals surface area contributed by atoms with Gasteiger partial charge in [-0.05, 0) is 39.3 Å². The minimum absolute atomic E-state index is 0.120. The third-order valence-electron chi connectivity index (χ3n) is 3.21. The fourth-order valence-corrected chi connectivity index (χ4v) is 3.65. The fraction of sp³-hybridized carbons (Fsp3) is 0.625. The third kappa shape index (κ3) is 6.06. The molecule has 0 saturated heterocycles. The van der Waals surface area contributed by atoms with Crippen molar-refractivity contribution in [1.82, 2.24) is 4.72 Å². The Hall–Kier alpha value is -1.07. The second-order valence-corrected chi connectivity index (χ2v) is 7.50. The first-order valence-corrected chi connectivity index (χ1v) is 9.23. The third-order valence-corrected chi connectivity index (χ3v) is 4.93. The van der Waals surface area contributed by atoms with Gasteiger partial charge in [-0.2, -0.15) is 0 Å². The summed E-state index contributed by atoms with van der Waals surface area (Å²) in [6, 6.07) is 7.21. The molecule has 0 saturated carbocycles. The van der Waals surface area contributed by atoms with Crippen LogP contribution in [0.1, 0.15) is 53.4 Å². The van der Waals surface area contributed by atoms with E-state index in [1.807, 2.05) is 26.0 Å². The van der Waals surface area contributed by atoms with Crippen molar-refractivity contribution in [2.75, 3.05) is 5.32 Å². The molecule has 4 nitrogen and oxygen atoms in total. The Morgan fingerprint density at radius 1 is 1.10 bits per heavy atom. The monoisotopic (exact) mass is 312 g/mol. The number of rotatable bonds is 9. The normalized spacial score (nSPS) is 13.4. The maximum atomic E-state index is 12.4. The topological polar surface area (TPSA) is 58.2 Å². The van der Waals surface area contributed by atoms with E-state index in [2.05, 4.69) is 23.9 Å². The summed E-state index contributed by atoms with van der Waals surface area (Å²) >= 11 is 0. The lowest BCUT2D eigenvalue weighted by Crippen LogP contribution is -2.31. The van der Waals surface area contributed by atoms with Crippen LogP contribution in [0.3, 0.4) is 0 Å². The lowest BCUT2D eigenvalue weighted by Gasteiger charge is -2.19. The molecule has 0 aromatic heterocycles. The van der Waals surface area contributed by atoms with E-state index in [1.54, 1.807) is 12.1 Å². The Kier molecular flexibility index (Phi) is 7.18. The molecule has 1 aromatic rings. The molecule has 0 bridgehead atoms. The average Bonchev–Trinajstić information content (AvgIpc) is 2.38. The van der Waals surface area contributed by atoms with Crippen LogP contribution in [-0.4, -0.2) is 20.5 Å². The molecule has 0 aliphatic rings. The largest absolute Gasteiger partial charge is 0.381 e. The second-order valence-electron chi connectivity index (χ2n) is 5.81. The highest BCUT2D eigenvalue weighted by atomic mass is 32.2. The molecular weight excluding hydrogens is 284 g/mol. The molecule has 0 radical (unpaired) electrons. The van der Waals surface area contributed by atoms with Gasteiger partial charge in [0.05, 0.1) is 5.69 Å². The summed E-state index contributed by atoms with van der Waals surface area (Å²) in [5.74, 6) is 0. The van der Waals surface area contributed by atoms with Gasteiger partial charge in [0.15, 0.2) is 0 Å². The molecule has 1 atom stereocenters. The number of para-hydroxylation sites is 1. The standard InChI is InChI=1S/C16H28N2O2S/c1-5-6-7-10-14(4)17-15-11-8-9-12-16(15)21(19,20)18-13(2)3/h8-9,11-14,17-18H,5-7,10H2,1-4H3. The molecule has 5 heteroatoms. The Morgan fingerprint density at radius 3 is 2.38 bits per heavy atom. The maximum absolute atomic E-state index is 12.4. The van der Waals surface area contributed by atoms with Crippen molar-refractivity contribution in [1.29, 1.82) is 0 Å². The number of hydrogen-bond donors (Lipinski definition) is 2. The van der Waals surface area contributed by atoms with Crippen molar-refractivity contribution in [3.05, 3.63) is 24.3 Å². The predicted octanol–water partition coefficient (Wildman–Crippen LogP) is 3.75. The molecule has 0 spiro atoms. The summed E-state index contributed by atoms with van der Waals surface area (Å²) < 4.78 is 27.3. The van der Waals surface area contributed by atoms with Crippen LogP contribution < -0.4 is 10.0 Å². The van der Waals surface area contributed by atoms with E-state index >= 15 is 0 Å².